The zero-order chi connectivity index (χ0) is 17.2. The number of hydrogen-bond acceptors (Lipinski definition) is 4. The van der Waals surface area contributed by atoms with Crippen molar-refractivity contribution in [2.75, 3.05) is 11.4 Å². The van der Waals surface area contributed by atoms with Crippen LogP contribution < -0.4 is 9.64 Å². The van der Waals surface area contributed by atoms with Gasteiger partial charge < -0.3 is 9.64 Å². The lowest BCUT2D eigenvalue weighted by molar-refractivity contribution is 0.0962. The highest BCUT2D eigenvalue weighted by atomic mass is 16.5. The molecule has 25 heavy (non-hydrogen) atoms. The number of aryl methyl sites for hydroxylation is 1. The predicted octanol–water partition coefficient (Wildman–Crippen LogP) is 2.83. The summed E-state index contributed by atoms with van der Waals surface area (Å²) in [6, 6.07) is 15.3. The molecule has 1 aliphatic rings. The first-order chi connectivity index (χ1) is 12.2. The third-order valence-corrected chi connectivity index (χ3v) is 4.15. The maximum Gasteiger partial charge on any atom is 0.276 e. The van der Waals surface area contributed by atoms with Gasteiger partial charge in [0.2, 0.25) is 5.88 Å². The molecule has 0 aliphatic carbocycles. The van der Waals surface area contributed by atoms with Gasteiger partial charge in [-0.3, -0.25) is 9.48 Å². The topological polar surface area (TPSA) is 60.3 Å². The van der Waals surface area contributed by atoms with Gasteiger partial charge in [0.1, 0.15) is 18.0 Å². The first kappa shape index (κ1) is 15.4. The molecule has 3 aromatic rings. The molecule has 0 saturated heterocycles. The van der Waals surface area contributed by atoms with Crippen LogP contribution in [-0.4, -0.2) is 27.2 Å². The van der Waals surface area contributed by atoms with Crippen molar-refractivity contribution in [1.82, 2.24) is 14.8 Å². The molecule has 0 spiro atoms. The zero-order valence-corrected chi connectivity index (χ0v) is 13.9. The van der Waals surface area contributed by atoms with Crippen LogP contribution in [0.15, 0.2) is 54.7 Å². The van der Waals surface area contributed by atoms with Crippen molar-refractivity contribution in [2.24, 2.45) is 0 Å². The molecule has 2 aromatic heterocycles. The normalized spacial score (nSPS) is 13.6. The van der Waals surface area contributed by atoms with E-state index in [0.29, 0.717) is 24.7 Å². The van der Waals surface area contributed by atoms with Crippen molar-refractivity contribution in [2.45, 2.75) is 20.1 Å². The van der Waals surface area contributed by atoms with Gasteiger partial charge in [-0.15, -0.1) is 0 Å². The molecule has 0 bridgehead atoms. The molecular formula is C19H18N4O2. The average Bonchev–Trinajstić information content (AvgIpc) is 3.05. The molecule has 0 saturated carbocycles. The summed E-state index contributed by atoms with van der Waals surface area (Å²) in [5, 5.41) is 4.48. The summed E-state index contributed by atoms with van der Waals surface area (Å²) in [5.41, 5.74) is 3.37. The third kappa shape index (κ3) is 3.10. The van der Waals surface area contributed by atoms with Crippen molar-refractivity contribution in [3.63, 3.8) is 0 Å². The SMILES string of the molecule is Cc1cccc(N2CCn3nc(COc4ccccn4)cc3C2=O)c1. The fraction of sp³-hybridized carbons (Fsp3) is 0.211. The largest absolute Gasteiger partial charge is 0.471 e. The summed E-state index contributed by atoms with van der Waals surface area (Å²) in [4.78, 5) is 18.7. The standard InChI is InChI=1S/C19H18N4O2/c1-14-5-4-6-16(11-14)22-9-10-23-17(19(22)24)12-15(21-23)13-25-18-7-2-3-8-20-18/h2-8,11-12H,9-10,13H2,1H3. The molecule has 0 fully saturated rings. The van der Waals surface area contributed by atoms with E-state index >= 15 is 0 Å². The monoisotopic (exact) mass is 334 g/mol. The number of aromatic nitrogens is 3. The van der Waals surface area contributed by atoms with Gasteiger partial charge in [0.05, 0.1) is 6.54 Å². The number of hydrogen-bond donors (Lipinski definition) is 0. The van der Waals surface area contributed by atoms with Crippen molar-refractivity contribution in [3.05, 3.63) is 71.7 Å². The molecule has 6 nitrogen and oxygen atoms in total. The van der Waals surface area contributed by atoms with Gasteiger partial charge >= 0.3 is 0 Å². The number of amides is 1. The van der Waals surface area contributed by atoms with E-state index in [1.807, 2.05) is 43.3 Å². The highest BCUT2D eigenvalue weighted by Crippen LogP contribution is 2.22. The highest BCUT2D eigenvalue weighted by Gasteiger charge is 2.27. The van der Waals surface area contributed by atoms with Crippen LogP contribution in [0.25, 0.3) is 0 Å². The lowest BCUT2D eigenvalue weighted by atomic mass is 10.2. The van der Waals surface area contributed by atoms with Gasteiger partial charge in [-0.25, -0.2) is 4.98 Å². The number of benzene rings is 1. The fourth-order valence-corrected chi connectivity index (χ4v) is 2.94. The van der Waals surface area contributed by atoms with Gasteiger partial charge in [0.25, 0.3) is 5.91 Å². The number of nitrogens with zero attached hydrogens (tertiary/aromatic N) is 4. The van der Waals surface area contributed by atoms with Gasteiger partial charge in [0.15, 0.2) is 0 Å². The van der Waals surface area contributed by atoms with Crippen LogP contribution in [0.1, 0.15) is 21.7 Å². The van der Waals surface area contributed by atoms with E-state index in [1.54, 1.807) is 27.9 Å². The van der Waals surface area contributed by atoms with Gasteiger partial charge in [-0.2, -0.15) is 5.10 Å². The third-order valence-electron chi connectivity index (χ3n) is 4.15. The lowest BCUT2D eigenvalue weighted by Crippen LogP contribution is -2.40. The van der Waals surface area contributed by atoms with Gasteiger partial charge in [0, 0.05) is 24.5 Å². The minimum atomic E-state index is -0.0339. The van der Waals surface area contributed by atoms with E-state index in [4.69, 9.17) is 4.74 Å². The Balaban J connectivity index is 1.53. The van der Waals surface area contributed by atoms with E-state index < -0.39 is 0 Å². The van der Waals surface area contributed by atoms with Gasteiger partial charge in [-0.05, 0) is 36.8 Å². The van der Waals surface area contributed by atoms with Crippen LogP contribution in [0.3, 0.4) is 0 Å². The van der Waals surface area contributed by atoms with Crippen molar-refractivity contribution >= 4 is 11.6 Å². The summed E-state index contributed by atoms with van der Waals surface area (Å²) in [7, 11) is 0. The Hall–Kier alpha value is -3.15. The van der Waals surface area contributed by atoms with Crippen molar-refractivity contribution in [3.8, 4) is 5.88 Å². The minimum absolute atomic E-state index is 0.0339. The zero-order valence-electron chi connectivity index (χ0n) is 13.9. The Labute approximate surface area is 145 Å². The lowest BCUT2D eigenvalue weighted by Gasteiger charge is -2.27. The van der Waals surface area contributed by atoms with Crippen molar-refractivity contribution < 1.29 is 9.53 Å². The van der Waals surface area contributed by atoms with Crippen LogP contribution in [0.2, 0.25) is 0 Å². The summed E-state index contributed by atoms with van der Waals surface area (Å²) in [6.07, 6.45) is 1.68. The minimum Gasteiger partial charge on any atom is -0.471 e. The average molecular weight is 334 g/mol. The second-order valence-corrected chi connectivity index (χ2v) is 6.00. The quantitative estimate of drug-likeness (QED) is 0.736. The number of carbonyl (C=O) groups is 1. The maximum atomic E-state index is 12.8. The number of anilines is 1. The van der Waals surface area contributed by atoms with E-state index in [1.165, 1.54) is 0 Å². The Morgan fingerprint density at radius 2 is 2.04 bits per heavy atom. The smallest absolute Gasteiger partial charge is 0.276 e. The van der Waals surface area contributed by atoms with E-state index in [0.717, 1.165) is 16.9 Å². The molecule has 126 valence electrons. The molecule has 1 aromatic carbocycles. The Morgan fingerprint density at radius 1 is 1.12 bits per heavy atom. The number of pyridine rings is 1. The van der Waals surface area contributed by atoms with E-state index in [-0.39, 0.29) is 12.5 Å². The molecule has 0 N–H and O–H groups in total. The number of ether oxygens (including phenoxy) is 1. The number of carbonyl (C=O) groups excluding carboxylic acids is 1. The Morgan fingerprint density at radius 3 is 2.84 bits per heavy atom. The van der Waals surface area contributed by atoms with Crippen LogP contribution >= 0.6 is 0 Å². The summed E-state index contributed by atoms with van der Waals surface area (Å²) >= 11 is 0. The Kier molecular flexibility index (Phi) is 3.93. The van der Waals surface area contributed by atoms with Crippen LogP contribution in [-0.2, 0) is 13.2 Å². The molecule has 3 heterocycles. The molecule has 1 aliphatic heterocycles. The summed E-state index contributed by atoms with van der Waals surface area (Å²) in [5.74, 6) is 0.509. The Bertz CT molecular complexity index is 905. The molecule has 0 unspecified atom stereocenters. The molecular weight excluding hydrogens is 316 g/mol. The van der Waals surface area contributed by atoms with Gasteiger partial charge in [-0.1, -0.05) is 18.2 Å². The molecule has 1 amide bonds. The number of rotatable bonds is 4. The second-order valence-electron chi connectivity index (χ2n) is 6.00. The second kappa shape index (κ2) is 6.39. The van der Waals surface area contributed by atoms with Crippen LogP contribution in [0, 0.1) is 6.92 Å². The summed E-state index contributed by atoms with van der Waals surface area (Å²) < 4.78 is 7.38. The number of fused-ring (bicyclic) bond motifs is 1. The maximum absolute atomic E-state index is 12.8. The molecule has 6 heteroatoms. The molecule has 0 atom stereocenters. The summed E-state index contributed by atoms with van der Waals surface area (Å²) in [6.45, 7) is 3.58. The first-order valence-electron chi connectivity index (χ1n) is 8.20. The van der Waals surface area contributed by atoms with Crippen molar-refractivity contribution in [1.29, 1.82) is 0 Å². The molecule has 4 rings (SSSR count). The molecule has 0 radical (unpaired) electrons. The first-order valence-corrected chi connectivity index (χ1v) is 8.20. The fourth-order valence-electron chi connectivity index (χ4n) is 2.94. The van der Waals surface area contributed by atoms with Crippen LogP contribution in [0.5, 0.6) is 5.88 Å². The van der Waals surface area contributed by atoms with Crippen LogP contribution in [0.4, 0.5) is 5.69 Å². The highest BCUT2D eigenvalue weighted by molar-refractivity contribution is 6.05. The van der Waals surface area contributed by atoms with E-state index in [2.05, 4.69) is 10.1 Å². The van der Waals surface area contributed by atoms with E-state index in [9.17, 15) is 4.79 Å². The predicted molar refractivity (Wildman–Crippen MR) is 93.7 cm³/mol.